The van der Waals surface area contributed by atoms with Crippen molar-refractivity contribution < 1.29 is 4.79 Å². The average molecular weight is 281 g/mol. The molecular weight excluding hydrogens is 260 g/mol. The van der Waals surface area contributed by atoms with Crippen LogP contribution in [0.4, 0.5) is 0 Å². The Kier molecular flexibility index (Phi) is 4.48. The van der Waals surface area contributed by atoms with Crippen molar-refractivity contribution in [3.63, 3.8) is 0 Å². The van der Waals surface area contributed by atoms with Crippen LogP contribution in [0.5, 0.6) is 0 Å². The summed E-state index contributed by atoms with van der Waals surface area (Å²) in [6.45, 7) is 5.10. The van der Waals surface area contributed by atoms with Crippen molar-refractivity contribution in [2.45, 2.75) is 38.8 Å². The highest BCUT2D eigenvalue weighted by Gasteiger charge is 2.38. The first-order valence-electron chi connectivity index (χ1n) is 6.79. The summed E-state index contributed by atoms with van der Waals surface area (Å²) in [5.74, 6) is 0.739. The van der Waals surface area contributed by atoms with E-state index in [0.29, 0.717) is 17.4 Å². The lowest BCUT2D eigenvalue weighted by atomic mass is 10.0. The third-order valence-electron chi connectivity index (χ3n) is 3.63. The zero-order chi connectivity index (χ0) is 14.0. The van der Waals surface area contributed by atoms with Gasteiger partial charge in [0.15, 0.2) is 0 Å². The molecule has 4 heteroatoms. The van der Waals surface area contributed by atoms with E-state index in [1.165, 1.54) is 0 Å². The fraction of sp³-hybridized carbons (Fsp3) is 0.533. The molecule has 1 amide bonds. The molecule has 0 spiro atoms. The van der Waals surface area contributed by atoms with Crippen molar-refractivity contribution in [3.8, 4) is 0 Å². The summed E-state index contributed by atoms with van der Waals surface area (Å²) in [6.07, 6.45) is 1.44. The van der Waals surface area contributed by atoms with Gasteiger partial charge in [-0.1, -0.05) is 37.6 Å². The molecule has 0 saturated carbocycles. The standard InChI is InChI=1S/C15H21ClN2O/c1-10(2)7-8-18-14(19)9-13(17)15(18)11-3-5-12(16)6-4-11/h3-6,10,13,15H,7-9,17H2,1-2H3. The molecule has 1 aliphatic heterocycles. The van der Waals surface area contributed by atoms with Crippen LogP contribution < -0.4 is 5.73 Å². The van der Waals surface area contributed by atoms with Crippen LogP contribution in [0.3, 0.4) is 0 Å². The van der Waals surface area contributed by atoms with E-state index in [4.69, 9.17) is 17.3 Å². The maximum absolute atomic E-state index is 12.1. The van der Waals surface area contributed by atoms with Crippen molar-refractivity contribution in [2.75, 3.05) is 6.54 Å². The van der Waals surface area contributed by atoms with Gasteiger partial charge < -0.3 is 10.6 Å². The largest absolute Gasteiger partial charge is 0.334 e. The third-order valence-corrected chi connectivity index (χ3v) is 3.88. The molecule has 3 nitrogen and oxygen atoms in total. The van der Waals surface area contributed by atoms with Gasteiger partial charge in [0.25, 0.3) is 0 Å². The molecule has 0 aliphatic carbocycles. The Morgan fingerprint density at radius 2 is 2.00 bits per heavy atom. The fourth-order valence-corrected chi connectivity index (χ4v) is 2.69. The zero-order valence-electron chi connectivity index (χ0n) is 11.5. The minimum Gasteiger partial charge on any atom is -0.334 e. The third kappa shape index (κ3) is 3.28. The van der Waals surface area contributed by atoms with Crippen LogP contribution in [-0.2, 0) is 4.79 Å². The van der Waals surface area contributed by atoms with Gasteiger partial charge in [0, 0.05) is 24.0 Å². The van der Waals surface area contributed by atoms with Gasteiger partial charge in [-0.05, 0) is 30.0 Å². The predicted octanol–water partition coefficient (Wildman–Crippen LogP) is 2.99. The monoisotopic (exact) mass is 280 g/mol. The van der Waals surface area contributed by atoms with Crippen molar-refractivity contribution in [1.82, 2.24) is 4.90 Å². The number of rotatable bonds is 4. The molecule has 1 heterocycles. The molecule has 1 saturated heterocycles. The molecule has 1 aromatic rings. The fourth-order valence-electron chi connectivity index (χ4n) is 2.56. The van der Waals surface area contributed by atoms with Gasteiger partial charge in [-0.25, -0.2) is 0 Å². The van der Waals surface area contributed by atoms with Crippen LogP contribution in [-0.4, -0.2) is 23.4 Å². The maximum atomic E-state index is 12.1. The van der Waals surface area contributed by atoms with Crippen LogP contribution in [0.1, 0.15) is 38.3 Å². The predicted molar refractivity (Wildman–Crippen MR) is 78.0 cm³/mol. The van der Waals surface area contributed by atoms with Gasteiger partial charge >= 0.3 is 0 Å². The molecule has 1 fully saturated rings. The molecule has 1 aromatic carbocycles. The van der Waals surface area contributed by atoms with E-state index in [0.717, 1.165) is 18.5 Å². The number of carbonyl (C=O) groups excluding carboxylic acids is 1. The first-order valence-corrected chi connectivity index (χ1v) is 7.17. The van der Waals surface area contributed by atoms with Gasteiger partial charge in [-0.15, -0.1) is 0 Å². The Labute approximate surface area is 119 Å². The summed E-state index contributed by atoms with van der Waals surface area (Å²) in [7, 11) is 0. The lowest BCUT2D eigenvalue weighted by Crippen LogP contribution is -2.34. The number of amides is 1. The maximum Gasteiger partial charge on any atom is 0.224 e. The van der Waals surface area contributed by atoms with E-state index in [-0.39, 0.29) is 18.0 Å². The molecule has 104 valence electrons. The highest BCUT2D eigenvalue weighted by atomic mass is 35.5. The Morgan fingerprint density at radius 1 is 1.37 bits per heavy atom. The quantitative estimate of drug-likeness (QED) is 0.922. The highest BCUT2D eigenvalue weighted by Crippen LogP contribution is 2.33. The number of nitrogens with two attached hydrogens (primary N) is 1. The molecule has 0 bridgehead atoms. The number of hydrogen-bond donors (Lipinski definition) is 1. The number of hydrogen-bond acceptors (Lipinski definition) is 2. The second-order valence-corrected chi connectivity index (χ2v) is 6.07. The molecule has 2 atom stereocenters. The van der Waals surface area contributed by atoms with E-state index in [2.05, 4.69) is 13.8 Å². The minimum atomic E-state index is -0.124. The molecule has 19 heavy (non-hydrogen) atoms. The van der Waals surface area contributed by atoms with Crippen LogP contribution in [0.2, 0.25) is 5.02 Å². The van der Waals surface area contributed by atoms with Crippen LogP contribution in [0, 0.1) is 5.92 Å². The van der Waals surface area contributed by atoms with Gasteiger partial charge in [0.1, 0.15) is 0 Å². The zero-order valence-corrected chi connectivity index (χ0v) is 12.2. The second kappa shape index (κ2) is 5.93. The van der Waals surface area contributed by atoms with Crippen molar-refractivity contribution in [2.24, 2.45) is 11.7 Å². The Hall–Kier alpha value is -1.06. The van der Waals surface area contributed by atoms with E-state index < -0.39 is 0 Å². The van der Waals surface area contributed by atoms with Gasteiger partial charge in [0.05, 0.1) is 6.04 Å². The van der Waals surface area contributed by atoms with Gasteiger partial charge in [-0.3, -0.25) is 4.79 Å². The first-order chi connectivity index (χ1) is 8.99. The summed E-state index contributed by atoms with van der Waals surface area (Å²) in [4.78, 5) is 14.0. The van der Waals surface area contributed by atoms with E-state index in [9.17, 15) is 4.79 Å². The summed E-state index contributed by atoms with van der Waals surface area (Å²) in [5, 5.41) is 0.704. The van der Waals surface area contributed by atoms with Crippen LogP contribution in [0.25, 0.3) is 0 Å². The van der Waals surface area contributed by atoms with Gasteiger partial charge in [0.2, 0.25) is 5.91 Å². The van der Waals surface area contributed by atoms with Crippen LogP contribution >= 0.6 is 11.6 Å². The summed E-state index contributed by atoms with van der Waals surface area (Å²) >= 11 is 5.91. The normalized spacial score (nSPS) is 23.4. The summed E-state index contributed by atoms with van der Waals surface area (Å²) < 4.78 is 0. The lowest BCUT2D eigenvalue weighted by Gasteiger charge is -2.28. The van der Waals surface area contributed by atoms with Crippen molar-refractivity contribution in [3.05, 3.63) is 34.9 Å². The SMILES string of the molecule is CC(C)CCN1C(=O)CC(N)C1c1ccc(Cl)cc1. The highest BCUT2D eigenvalue weighted by molar-refractivity contribution is 6.30. The van der Waals surface area contributed by atoms with E-state index in [1.54, 1.807) is 0 Å². The number of nitrogens with zero attached hydrogens (tertiary/aromatic N) is 1. The molecule has 2 N–H and O–H groups in total. The van der Waals surface area contributed by atoms with Crippen molar-refractivity contribution >= 4 is 17.5 Å². The molecule has 2 unspecified atom stereocenters. The number of benzene rings is 1. The van der Waals surface area contributed by atoms with Gasteiger partial charge in [-0.2, -0.15) is 0 Å². The molecular formula is C15H21ClN2O. The van der Waals surface area contributed by atoms with Crippen LogP contribution in [0.15, 0.2) is 24.3 Å². The molecule has 2 rings (SSSR count). The lowest BCUT2D eigenvalue weighted by molar-refractivity contribution is -0.129. The van der Waals surface area contributed by atoms with E-state index in [1.807, 2.05) is 29.2 Å². The smallest absolute Gasteiger partial charge is 0.224 e. The Balaban J connectivity index is 2.19. The average Bonchev–Trinajstić information content (AvgIpc) is 2.62. The second-order valence-electron chi connectivity index (χ2n) is 5.63. The molecule has 1 aliphatic rings. The van der Waals surface area contributed by atoms with Crippen molar-refractivity contribution in [1.29, 1.82) is 0 Å². The first kappa shape index (κ1) is 14.4. The molecule has 0 aromatic heterocycles. The molecule has 0 radical (unpaired) electrons. The number of halogens is 1. The Morgan fingerprint density at radius 3 is 2.58 bits per heavy atom. The minimum absolute atomic E-state index is 0.0106. The number of likely N-dealkylation sites (tertiary alicyclic amines) is 1. The Bertz CT molecular complexity index is 444. The summed E-state index contributed by atoms with van der Waals surface area (Å²) in [6, 6.07) is 7.51. The number of carbonyl (C=O) groups is 1. The topological polar surface area (TPSA) is 46.3 Å². The summed E-state index contributed by atoms with van der Waals surface area (Å²) in [5.41, 5.74) is 7.22. The van der Waals surface area contributed by atoms with E-state index >= 15 is 0 Å².